The van der Waals surface area contributed by atoms with Crippen LogP contribution in [0.4, 0.5) is 9.52 Å². The minimum atomic E-state index is -0.325. The van der Waals surface area contributed by atoms with Gasteiger partial charge < -0.3 is 10.6 Å². The highest BCUT2D eigenvalue weighted by molar-refractivity contribution is 7.15. The molecule has 1 amide bonds. The third-order valence-electron chi connectivity index (χ3n) is 4.09. The summed E-state index contributed by atoms with van der Waals surface area (Å²) in [4.78, 5) is 17.9. The maximum atomic E-state index is 13.2. The number of carbonyl (C=O) groups excluding carboxylic acids is 1. The molecule has 0 aliphatic rings. The number of carbonyl (C=O) groups is 1. The van der Waals surface area contributed by atoms with Gasteiger partial charge in [-0.3, -0.25) is 4.79 Å². The summed E-state index contributed by atoms with van der Waals surface area (Å²) in [6.45, 7) is 10.3. The van der Waals surface area contributed by atoms with Crippen molar-refractivity contribution in [1.29, 1.82) is 0 Å². The van der Waals surface area contributed by atoms with Crippen molar-refractivity contribution < 1.29 is 9.18 Å². The zero-order valence-electron chi connectivity index (χ0n) is 18.3. The summed E-state index contributed by atoms with van der Waals surface area (Å²) in [5, 5.41) is 11.0. The number of nitrogens with zero attached hydrogens (tertiary/aromatic N) is 3. The Morgan fingerprint density at radius 1 is 1.26 bits per heavy atom. The molecule has 3 rings (SSSR count). The lowest BCUT2D eigenvalue weighted by molar-refractivity contribution is -0.115. The predicted molar refractivity (Wildman–Crippen MR) is 127 cm³/mol. The maximum Gasteiger partial charge on any atom is 0.251 e. The molecule has 2 N–H and O–H groups in total. The molecule has 0 saturated carbocycles. The molecule has 0 radical (unpaired) electrons. The normalized spacial score (nSPS) is 10.8. The highest BCUT2D eigenvalue weighted by Gasteiger charge is 2.18. The minimum absolute atomic E-state index is 0.219. The van der Waals surface area contributed by atoms with Gasteiger partial charge in [-0.05, 0) is 37.3 Å². The summed E-state index contributed by atoms with van der Waals surface area (Å²) in [6.07, 6.45) is 7.96. The molecular weight excluding hydrogens is 413 g/mol. The lowest BCUT2D eigenvalue weighted by Crippen LogP contribution is -2.23. The molecule has 0 bridgehead atoms. The highest BCUT2D eigenvalue weighted by Crippen LogP contribution is 2.24. The van der Waals surface area contributed by atoms with Crippen LogP contribution in [-0.4, -0.2) is 27.7 Å². The Morgan fingerprint density at radius 2 is 1.94 bits per heavy atom. The lowest BCUT2D eigenvalue weighted by atomic mass is 10.1. The van der Waals surface area contributed by atoms with Crippen LogP contribution in [-0.2, 0) is 11.3 Å². The fraction of sp³-hybridized carbons (Fsp3) is 0.261. The van der Waals surface area contributed by atoms with Gasteiger partial charge in [0.2, 0.25) is 0 Å². The molecule has 2 aromatic heterocycles. The molecule has 0 spiro atoms. The molecule has 164 valence electrons. The molecule has 0 aliphatic carbocycles. The lowest BCUT2D eigenvalue weighted by Gasteiger charge is -2.09. The van der Waals surface area contributed by atoms with Gasteiger partial charge in [-0.25, -0.2) is 14.1 Å². The van der Waals surface area contributed by atoms with Crippen molar-refractivity contribution in [2.45, 2.75) is 33.7 Å². The molecule has 2 heterocycles. The molecule has 6 nitrogen and oxygen atoms in total. The molecule has 0 atom stereocenters. The van der Waals surface area contributed by atoms with Gasteiger partial charge in [-0.2, -0.15) is 5.10 Å². The molecular formula is C23H28FN5OS. The SMILES string of the molecule is C=Cc1c(/C(=C\C)C(=O)NCc2cnc(NC)s2)cnn1-c1ccc(F)cc1.CCC. The topological polar surface area (TPSA) is 71.8 Å². The fourth-order valence-corrected chi connectivity index (χ4v) is 3.43. The van der Waals surface area contributed by atoms with Crippen molar-refractivity contribution in [1.82, 2.24) is 20.1 Å². The number of halogens is 1. The second-order valence-electron chi connectivity index (χ2n) is 6.51. The highest BCUT2D eigenvalue weighted by atomic mass is 32.1. The van der Waals surface area contributed by atoms with Crippen molar-refractivity contribution in [3.05, 3.63) is 71.3 Å². The van der Waals surface area contributed by atoms with Crippen molar-refractivity contribution >= 4 is 34.0 Å². The van der Waals surface area contributed by atoms with Crippen molar-refractivity contribution in [3.63, 3.8) is 0 Å². The van der Waals surface area contributed by atoms with E-state index in [0.717, 1.165) is 10.0 Å². The van der Waals surface area contributed by atoms with Gasteiger partial charge in [0.1, 0.15) is 5.82 Å². The largest absolute Gasteiger partial charge is 0.365 e. The van der Waals surface area contributed by atoms with Crippen molar-refractivity contribution in [2.24, 2.45) is 0 Å². The first kappa shape index (κ1) is 24.0. The first-order valence-corrected chi connectivity index (χ1v) is 10.8. The van der Waals surface area contributed by atoms with E-state index in [1.165, 1.54) is 29.9 Å². The summed E-state index contributed by atoms with van der Waals surface area (Å²) in [6, 6.07) is 5.97. The van der Waals surface area contributed by atoms with Crippen LogP contribution in [0.15, 0.2) is 49.3 Å². The molecule has 1 aromatic carbocycles. The van der Waals surface area contributed by atoms with Crippen LogP contribution in [0.2, 0.25) is 0 Å². The number of hydrogen-bond acceptors (Lipinski definition) is 5. The average molecular weight is 442 g/mol. The van der Waals surface area contributed by atoms with Crippen LogP contribution in [0.1, 0.15) is 43.3 Å². The molecule has 0 saturated heterocycles. The summed E-state index contributed by atoms with van der Waals surface area (Å²) in [5.41, 5.74) is 2.48. The first-order chi connectivity index (χ1) is 15.0. The second-order valence-corrected chi connectivity index (χ2v) is 7.62. The van der Waals surface area contributed by atoms with Crippen LogP contribution in [0.3, 0.4) is 0 Å². The van der Waals surface area contributed by atoms with E-state index in [2.05, 4.69) is 41.1 Å². The molecule has 0 fully saturated rings. The number of aromatic nitrogens is 3. The summed E-state index contributed by atoms with van der Waals surface area (Å²) in [5.74, 6) is -0.544. The Balaban J connectivity index is 0.00000107. The van der Waals surface area contributed by atoms with E-state index in [0.29, 0.717) is 29.1 Å². The second kappa shape index (κ2) is 11.8. The smallest absolute Gasteiger partial charge is 0.251 e. The zero-order valence-corrected chi connectivity index (χ0v) is 19.1. The third-order valence-corrected chi connectivity index (χ3v) is 5.10. The van der Waals surface area contributed by atoms with Gasteiger partial charge in [0.25, 0.3) is 5.91 Å². The molecule has 3 aromatic rings. The Kier molecular flexibility index (Phi) is 9.14. The van der Waals surface area contributed by atoms with Crippen LogP contribution < -0.4 is 10.6 Å². The van der Waals surface area contributed by atoms with E-state index in [1.54, 1.807) is 55.3 Å². The van der Waals surface area contributed by atoms with E-state index in [4.69, 9.17) is 0 Å². The van der Waals surface area contributed by atoms with E-state index in [9.17, 15) is 9.18 Å². The number of rotatable bonds is 7. The quantitative estimate of drug-likeness (QED) is 0.489. The first-order valence-electron chi connectivity index (χ1n) is 10.0. The van der Waals surface area contributed by atoms with Gasteiger partial charge in [-0.1, -0.05) is 32.9 Å². The van der Waals surface area contributed by atoms with Gasteiger partial charge in [0.05, 0.1) is 24.1 Å². The minimum Gasteiger partial charge on any atom is -0.365 e. The average Bonchev–Trinajstić information content (AvgIpc) is 3.41. The molecule has 8 heteroatoms. The Bertz CT molecular complexity index is 1040. The van der Waals surface area contributed by atoms with Gasteiger partial charge in [0.15, 0.2) is 5.13 Å². The number of hydrogen-bond donors (Lipinski definition) is 2. The Morgan fingerprint density at radius 3 is 2.48 bits per heavy atom. The Hall–Kier alpha value is -3.26. The summed E-state index contributed by atoms with van der Waals surface area (Å²) < 4.78 is 14.8. The van der Waals surface area contributed by atoms with Gasteiger partial charge in [-0.15, -0.1) is 11.3 Å². The number of thiazole rings is 1. The molecule has 0 unspecified atom stereocenters. The standard InChI is InChI=1S/C20H20FN5OS.C3H8/c1-4-16(19(27)23-10-15-11-24-20(22-3)28-15)17-12-25-26(18(17)5-2)14-8-6-13(21)7-9-14;1-3-2/h4-9,11-12H,2,10H2,1,3H3,(H,22,24)(H,23,27);3H2,1-2H3/b16-4+;. The number of benzene rings is 1. The number of allylic oxidation sites excluding steroid dienone is 1. The number of nitrogens with one attached hydrogen (secondary N) is 2. The summed E-state index contributed by atoms with van der Waals surface area (Å²) in [7, 11) is 1.80. The van der Waals surface area contributed by atoms with Crippen LogP contribution >= 0.6 is 11.3 Å². The number of amides is 1. The van der Waals surface area contributed by atoms with E-state index < -0.39 is 0 Å². The monoisotopic (exact) mass is 441 g/mol. The van der Waals surface area contributed by atoms with E-state index in [-0.39, 0.29) is 11.7 Å². The summed E-state index contributed by atoms with van der Waals surface area (Å²) >= 11 is 1.48. The molecule has 0 aliphatic heterocycles. The van der Waals surface area contributed by atoms with Crippen LogP contribution in [0.5, 0.6) is 0 Å². The molecule has 31 heavy (non-hydrogen) atoms. The zero-order chi connectivity index (χ0) is 22.8. The van der Waals surface area contributed by atoms with Gasteiger partial charge >= 0.3 is 0 Å². The van der Waals surface area contributed by atoms with Crippen LogP contribution in [0, 0.1) is 5.82 Å². The van der Waals surface area contributed by atoms with Crippen molar-refractivity contribution in [3.8, 4) is 5.69 Å². The third kappa shape index (κ3) is 6.11. The Labute approximate surface area is 186 Å². The number of anilines is 1. The van der Waals surface area contributed by atoms with Gasteiger partial charge in [0, 0.05) is 29.3 Å². The maximum absolute atomic E-state index is 13.2. The van der Waals surface area contributed by atoms with Crippen molar-refractivity contribution in [2.75, 3.05) is 12.4 Å². The fourth-order valence-electron chi connectivity index (χ4n) is 2.73. The van der Waals surface area contributed by atoms with E-state index in [1.807, 2.05) is 0 Å². The van der Waals surface area contributed by atoms with E-state index >= 15 is 0 Å². The predicted octanol–water partition coefficient (Wildman–Crippen LogP) is 5.29. The van der Waals surface area contributed by atoms with Crippen LogP contribution in [0.25, 0.3) is 17.3 Å².